The molecule has 0 unspecified atom stereocenters. The highest BCUT2D eigenvalue weighted by Crippen LogP contribution is 2.32. The molecule has 96 valence electrons. The third-order valence-electron chi connectivity index (χ3n) is 2.99. The number of nitrogen functional groups attached to an aromatic ring is 1. The van der Waals surface area contributed by atoms with Crippen molar-refractivity contribution in [3.8, 4) is 16.9 Å². The van der Waals surface area contributed by atoms with Gasteiger partial charge in [-0.2, -0.15) is 5.10 Å². The molecule has 0 aliphatic rings. The van der Waals surface area contributed by atoms with Gasteiger partial charge in [-0.15, -0.1) is 0 Å². The van der Waals surface area contributed by atoms with Crippen molar-refractivity contribution in [2.45, 2.75) is 0 Å². The van der Waals surface area contributed by atoms with Crippen molar-refractivity contribution in [1.82, 2.24) is 9.61 Å². The lowest BCUT2D eigenvalue weighted by molar-refractivity contribution is 0.415. The highest BCUT2D eigenvalue weighted by atomic mass is 35.5. The standard InChI is InChI=1S/C14H12ClN3O/c1-19-14-3-2-9(6-12(14)15)11-7-10(16)8-18-13(11)4-5-17-18/h2-8H,16H2,1H3. The molecule has 1 aromatic carbocycles. The molecule has 0 amide bonds. The number of nitrogens with zero attached hydrogens (tertiary/aromatic N) is 2. The van der Waals surface area contributed by atoms with Gasteiger partial charge in [0, 0.05) is 5.56 Å². The van der Waals surface area contributed by atoms with E-state index >= 15 is 0 Å². The third-order valence-corrected chi connectivity index (χ3v) is 3.29. The molecule has 0 saturated heterocycles. The van der Waals surface area contributed by atoms with E-state index in [0.717, 1.165) is 16.6 Å². The van der Waals surface area contributed by atoms with Gasteiger partial charge in [0.2, 0.25) is 0 Å². The molecule has 2 heterocycles. The van der Waals surface area contributed by atoms with Crippen LogP contribution in [0.4, 0.5) is 5.69 Å². The normalized spacial score (nSPS) is 10.8. The van der Waals surface area contributed by atoms with Gasteiger partial charge in [0.05, 0.1) is 35.7 Å². The summed E-state index contributed by atoms with van der Waals surface area (Å²) in [4.78, 5) is 0. The molecule has 0 aliphatic heterocycles. The summed E-state index contributed by atoms with van der Waals surface area (Å²) < 4.78 is 6.91. The van der Waals surface area contributed by atoms with Crippen molar-refractivity contribution >= 4 is 22.8 Å². The second-order valence-electron chi connectivity index (χ2n) is 4.20. The van der Waals surface area contributed by atoms with E-state index in [0.29, 0.717) is 16.5 Å². The van der Waals surface area contributed by atoms with Crippen LogP contribution in [0.25, 0.3) is 16.6 Å². The van der Waals surface area contributed by atoms with Gasteiger partial charge in [-0.3, -0.25) is 0 Å². The summed E-state index contributed by atoms with van der Waals surface area (Å²) in [5.41, 5.74) is 9.49. The molecule has 0 atom stereocenters. The Hall–Kier alpha value is -2.20. The van der Waals surface area contributed by atoms with Gasteiger partial charge < -0.3 is 10.5 Å². The molecule has 2 N–H and O–H groups in total. The summed E-state index contributed by atoms with van der Waals surface area (Å²) in [6.07, 6.45) is 3.52. The molecule has 0 saturated carbocycles. The summed E-state index contributed by atoms with van der Waals surface area (Å²) in [6, 6.07) is 9.50. The maximum absolute atomic E-state index is 6.17. The first kappa shape index (κ1) is 11.9. The van der Waals surface area contributed by atoms with E-state index < -0.39 is 0 Å². The first-order valence-electron chi connectivity index (χ1n) is 5.76. The summed E-state index contributed by atoms with van der Waals surface area (Å²) in [6.45, 7) is 0. The molecule has 0 fully saturated rings. The number of hydrogen-bond donors (Lipinski definition) is 1. The smallest absolute Gasteiger partial charge is 0.137 e. The lowest BCUT2D eigenvalue weighted by Gasteiger charge is -2.09. The Bertz CT molecular complexity index is 752. The molecule has 3 rings (SSSR count). The Morgan fingerprint density at radius 1 is 1.26 bits per heavy atom. The van der Waals surface area contributed by atoms with Crippen LogP contribution >= 0.6 is 11.6 Å². The Morgan fingerprint density at radius 2 is 2.11 bits per heavy atom. The Kier molecular flexibility index (Phi) is 2.80. The van der Waals surface area contributed by atoms with E-state index in [9.17, 15) is 0 Å². The molecular formula is C14H12ClN3O. The largest absolute Gasteiger partial charge is 0.495 e. The SMILES string of the molecule is COc1ccc(-c2cc(N)cn3nccc23)cc1Cl. The van der Waals surface area contributed by atoms with E-state index in [4.69, 9.17) is 22.1 Å². The van der Waals surface area contributed by atoms with Crippen LogP contribution in [0.3, 0.4) is 0 Å². The average molecular weight is 274 g/mol. The first-order valence-corrected chi connectivity index (χ1v) is 6.13. The van der Waals surface area contributed by atoms with Gasteiger partial charge >= 0.3 is 0 Å². The zero-order chi connectivity index (χ0) is 13.4. The van der Waals surface area contributed by atoms with E-state index in [2.05, 4.69) is 5.10 Å². The highest BCUT2D eigenvalue weighted by Gasteiger charge is 2.09. The van der Waals surface area contributed by atoms with Crippen molar-refractivity contribution in [3.05, 3.63) is 47.7 Å². The number of nitrogens with two attached hydrogens (primary N) is 1. The maximum Gasteiger partial charge on any atom is 0.137 e. The van der Waals surface area contributed by atoms with Crippen LogP contribution in [0.1, 0.15) is 0 Å². The summed E-state index contributed by atoms with van der Waals surface area (Å²) in [5.74, 6) is 0.652. The molecule has 0 aliphatic carbocycles. The fraction of sp³-hybridized carbons (Fsp3) is 0.0714. The van der Waals surface area contributed by atoms with Crippen LogP contribution in [0.5, 0.6) is 5.75 Å². The molecule has 0 spiro atoms. The molecular weight excluding hydrogens is 262 g/mol. The molecule has 19 heavy (non-hydrogen) atoms. The van der Waals surface area contributed by atoms with Gasteiger partial charge in [0.25, 0.3) is 0 Å². The predicted octanol–water partition coefficient (Wildman–Crippen LogP) is 3.25. The van der Waals surface area contributed by atoms with Crippen LogP contribution in [0.15, 0.2) is 42.7 Å². The lowest BCUT2D eigenvalue weighted by Crippen LogP contribution is -1.95. The fourth-order valence-corrected chi connectivity index (χ4v) is 2.37. The number of pyridine rings is 1. The van der Waals surface area contributed by atoms with Crippen LogP contribution in [-0.2, 0) is 0 Å². The molecule has 0 bridgehead atoms. The predicted molar refractivity (Wildman–Crippen MR) is 76.6 cm³/mol. The summed E-state index contributed by atoms with van der Waals surface area (Å²) in [7, 11) is 1.59. The van der Waals surface area contributed by atoms with Gasteiger partial charge in [-0.25, -0.2) is 4.52 Å². The number of anilines is 1. The average Bonchev–Trinajstić information content (AvgIpc) is 2.85. The van der Waals surface area contributed by atoms with Gasteiger partial charge in [-0.1, -0.05) is 17.7 Å². The molecule has 0 radical (unpaired) electrons. The zero-order valence-corrected chi connectivity index (χ0v) is 11.1. The number of methoxy groups -OCH3 is 1. The topological polar surface area (TPSA) is 52.5 Å². The second kappa shape index (κ2) is 4.48. The van der Waals surface area contributed by atoms with Crippen molar-refractivity contribution in [2.75, 3.05) is 12.8 Å². The van der Waals surface area contributed by atoms with Gasteiger partial charge in [0.1, 0.15) is 5.75 Å². The highest BCUT2D eigenvalue weighted by molar-refractivity contribution is 6.32. The van der Waals surface area contributed by atoms with Crippen LogP contribution in [0.2, 0.25) is 5.02 Å². The van der Waals surface area contributed by atoms with Gasteiger partial charge in [0.15, 0.2) is 0 Å². The number of aromatic nitrogens is 2. The first-order chi connectivity index (χ1) is 9.19. The minimum Gasteiger partial charge on any atom is -0.495 e. The number of hydrogen-bond acceptors (Lipinski definition) is 3. The Labute approximate surface area is 115 Å². The maximum atomic E-state index is 6.17. The number of rotatable bonds is 2. The Morgan fingerprint density at radius 3 is 2.84 bits per heavy atom. The van der Waals surface area contributed by atoms with Gasteiger partial charge in [-0.05, 0) is 29.8 Å². The third kappa shape index (κ3) is 2.00. The van der Waals surface area contributed by atoms with Crippen molar-refractivity contribution in [2.24, 2.45) is 0 Å². The quantitative estimate of drug-likeness (QED) is 0.780. The molecule has 3 aromatic rings. The van der Waals surface area contributed by atoms with Crippen LogP contribution in [-0.4, -0.2) is 16.7 Å². The number of fused-ring (bicyclic) bond motifs is 1. The van der Waals surface area contributed by atoms with Crippen LogP contribution in [0, 0.1) is 0 Å². The van der Waals surface area contributed by atoms with Crippen molar-refractivity contribution in [1.29, 1.82) is 0 Å². The van der Waals surface area contributed by atoms with Crippen molar-refractivity contribution in [3.63, 3.8) is 0 Å². The van der Waals surface area contributed by atoms with E-state index in [1.165, 1.54) is 0 Å². The molecule has 5 heteroatoms. The summed E-state index contributed by atoms with van der Waals surface area (Å²) >= 11 is 6.17. The fourth-order valence-electron chi connectivity index (χ4n) is 2.11. The van der Waals surface area contributed by atoms with E-state index in [1.54, 1.807) is 24.0 Å². The van der Waals surface area contributed by atoms with E-state index in [-0.39, 0.29) is 0 Å². The number of ether oxygens (including phenoxy) is 1. The minimum atomic E-state index is 0.570. The summed E-state index contributed by atoms with van der Waals surface area (Å²) in [5, 5.41) is 4.77. The monoisotopic (exact) mass is 273 g/mol. The van der Waals surface area contributed by atoms with Crippen LogP contribution < -0.4 is 10.5 Å². The molecule has 2 aromatic heterocycles. The number of halogens is 1. The van der Waals surface area contributed by atoms with Crippen molar-refractivity contribution < 1.29 is 4.74 Å². The Balaban J connectivity index is 2.23. The minimum absolute atomic E-state index is 0.570. The number of benzene rings is 1. The zero-order valence-electron chi connectivity index (χ0n) is 10.3. The van der Waals surface area contributed by atoms with E-state index in [1.807, 2.05) is 30.3 Å². The molecule has 4 nitrogen and oxygen atoms in total. The lowest BCUT2D eigenvalue weighted by atomic mass is 10.0. The second-order valence-corrected chi connectivity index (χ2v) is 4.60.